The summed E-state index contributed by atoms with van der Waals surface area (Å²) in [5.74, 6) is 0.222. The van der Waals surface area contributed by atoms with Crippen molar-refractivity contribution in [2.24, 2.45) is 10.7 Å². The summed E-state index contributed by atoms with van der Waals surface area (Å²) in [5, 5.41) is 0. The lowest BCUT2D eigenvalue weighted by molar-refractivity contribution is -0.149. The molecule has 7 heteroatoms. The van der Waals surface area contributed by atoms with Gasteiger partial charge in [0.15, 0.2) is 0 Å². The van der Waals surface area contributed by atoms with Crippen molar-refractivity contribution in [3.05, 3.63) is 11.1 Å². The zero-order valence-corrected chi connectivity index (χ0v) is 14.3. The molecule has 21 heavy (non-hydrogen) atoms. The Labute approximate surface area is 131 Å². The number of esters is 2. The van der Waals surface area contributed by atoms with E-state index < -0.39 is 5.60 Å². The third kappa shape index (κ3) is 14.9. The van der Waals surface area contributed by atoms with Crippen LogP contribution in [0.1, 0.15) is 34.1 Å². The van der Waals surface area contributed by atoms with Crippen molar-refractivity contribution in [2.75, 3.05) is 19.4 Å². The lowest BCUT2D eigenvalue weighted by Crippen LogP contribution is -2.24. The topological polar surface area (TPSA) is 91.0 Å². The smallest absolute Gasteiger partial charge is 0.346 e. The first-order valence-corrected chi connectivity index (χ1v) is 7.49. The molecule has 0 aliphatic carbocycles. The van der Waals surface area contributed by atoms with E-state index in [1.165, 1.54) is 25.1 Å². The SMILES string of the molecule is C=N/C=C(\SCC)C(=O)OC(C)(C)C.COC(=O)CCN. The Balaban J connectivity index is 0. The second-order valence-electron chi connectivity index (χ2n) is 4.73. The van der Waals surface area contributed by atoms with Gasteiger partial charge >= 0.3 is 11.9 Å². The number of carbonyl (C=O) groups excluding carboxylic acids is 2. The zero-order chi connectivity index (χ0) is 16.9. The van der Waals surface area contributed by atoms with Crippen LogP contribution in [-0.4, -0.2) is 43.7 Å². The quantitative estimate of drug-likeness (QED) is 0.458. The average molecular weight is 318 g/mol. The van der Waals surface area contributed by atoms with E-state index in [4.69, 9.17) is 10.5 Å². The number of aliphatic imine (C=N–C) groups is 1. The van der Waals surface area contributed by atoms with E-state index in [0.29, 0.717) is 17.9 Å². The third-order valence-corrected chi connectivity index (χ3v) is 2.56. The first-order chi connectivity index (χ1) is 9.71. The van der Waals surface area contributed by atoms with Gasteiger partial charge in [-0.2, -0.15) is 0 Å². The summed E-state index contributed by atoms with van der Waals surface area (Å²) < 4.78 is 9.46. The van der Waals surface area contributed by atoms with E-state index in [2.05, 4.69) is 16.4 Å². The van der Waals surface area contributed by atoms with Crippen molar-refractivity contribution in [1.82, 2.24) is 0 Å². The highest BCUT2D eigenvalue weighted by atomic mass is 32.2. The number of ether oxygens (including phenoxy) is 2. The van der Waals surface area contributed by atoms with Crippen LogP contribution in [0.25, 0.3) is 0 Å². The molecule has 0 heterocycles. The molecule has 0 aromatic heterocycles. The standard InChI is InChI=1S/C10H17NO2S.C4H9NO2/c1-6-14-8(7-11-5)9(12)13-10(2,3)4;1-7-4(6)2-3-5/h7H,5-6H2,1-4H3;2-3,5H2,1H3/b8-7-;. The number of hydrogen-bond donors (Lipinski definition) is 1. The maximum atomic E-state index is 11.5. The minimum atomic E-state index is -0.467. The van der Waals surface area contributed by atoms with Crippen molar-refractivity contribution in [2.45, 2.75) is 39.7 Å². The van der Waals surface area contributed by atoms with Gasteiger partial charge in [-0.1, -0.05) is 6.92 Å². The van der Waals surface area contributed by atoms with Crippen LogP contribution < -0.4 is 5.73 Å². The summed E-state index contributed by atoms with van der Waals surface area (Å²) in [5.41, 5.74) is 4.54. The molecule has 0 atom stereocenters. The molecule has 0 fully saturated rings. The van der Waals surface area contributed by atoms with Crippen LogP contribution in [0.2, 0.25) is 0 Å². The van der Waals surface area contributed by atoms with Gasteiger partial charge in [0.25, 0.3) is 0 Å². The molecule has 0 aromatic rings. The summed E-state index contributed by atoms with van der Waals surface area (Å²) in [7, 11) is 1.35. The van der Waals surface area contributed by atoms with Crippen LogP contribution in [0, 0.1) is 0 Å². The number of hydrogen-bond acceptors (Lipinski definition) is 7. The van der Waals surface area contributed by atoms with E-state index in [1.807, 2.05) is 27.7 Å². The fraction of sp³-hybridized carbons (Fsp3) is 0.643. The molecule has 0 spiro atoms. The Morgan fingerprint density at radius 3 is 2.24 bits per heavy atom. The molecule has 6 nitrogen and oxygen atoms in total. The van der Waals surface area contributed by atoms with Gasteiger partial charge in [-0.05, 0) is 33.2 Å². The van der Waals surface area contributed by atoms with Crippen LogP contribution in [0.5, 0.6) is 0 Å². The van der Waals surface area contributed by atoms with Gasteiger partial charge in [-0.25, -0.2) is 4.79 Å². The van der Waals surface area contributed by atoms with E-state index in [-0.39, 0.29) is 11.9 Å². The number of carbonyl (C=O) groups is 2. The molecule has 0 bridgehead atoms. The fourth-order valence-electron chi connectivity index (χ4n) is 0.936. The summed E-state index contributed by atoms with van der Waals surface area (Å²) >= 11 is 1.40. The van der Waals surface area contributed by atoms with Gasteiger partial charge < -0.3 is 15.2 Å². The molecule has 0 aliphatic heterocycles. The Hall–Kier alpha value is -1.34. The Morgan fingerprint density at radius 2 is 1.95 bits per heavy atom. The molecule has 0 unspecified atom stereocenters. The second-order valence-corrected chi connectivity index (χ2v) is 6.03. The summed E-state index contributed by atoms with van der Waals surface area (Å²) in [6, 6.07) is 0. The number of nitrogens with two attached hydrogens (primary N) is 1. The van der Waals surface area contributed by atoms with Crippen molar-refractivity contribution in [3.8, 4) is 0 Å². The number of nitrogens with zero attached hydrogens (tertiary/aromatic N) is 1. The van der Waals surface area contributed by atoms with Gasteiger partial charge in [0, 0.05) is 12.7 Å². The number of rotatable bonds is 6. The largest absolute Gasteiger partial charge is 0.469 e. The first-order valence-electron chi connectivity index (χ1n) is 6.50. The van der Waals surface area contributed by atoms with Crippen molar-refractivity contribution in [3.63, 3.8) is 0 Å². The van der Waals surface area contributed by atoms with E-state index >= 15 is 0 Å². The maximum Gasteiger partial charge on any atom is 0.346 e. The molecule has 0 aromatic carbocycles. The van der Waals surface area contributed by atoms with Crippen LogP contribution >= 0.6 is 11.8 Å². The molecule has 0 aliphatic rings. The zero-order valence-electron chi connectivity index (χ0n) is 13.5. The summed E-state index contributed by atoms with van der Waals surface area (Å²) in [4.78, 5) is 25.7. The Morgan fingerprint density at radius 1 is 1.38 bits per heavy atom. The van der Waals surface area contributed by atoms with Crippen molar-refractivity contribution in [1.29, 1.82) is 0 Å². The highest BCUT2D eigenvalue weighted by Crippen LogP contribution is 2.20. The second kappa shape index (κ2) is 12.4. The van der Waals surface area contributed by atoms with E-state index in [1.54, 1.807) is 0 Å². The molecule has 0 amide bonds. The molecule has 122 valence electrons. The van der Waals surface area contributed by atoms with Gasteiger partial charge in [-0.3, -0.25) is 9.79 Å². The number of thioether (sulfide) groups is 1. The molecule has 0 saturated heterocycles. The van der Waals surface area contributed by atoms with Gasteiger partial charge in [0.05, 0.1) is 13.5 Å². The molecule has 0 saturated carbocycles. The van der Waals surface area contributed by atoms with Crippen LogP contribution in [0.4, 0.5) is 0 Å². The maximum absolute atomic E-state index is 11.5. The minimum Gasteiger partial charge on any atom is -0.469 e. The van der Waals surface area contributed by atoms with Crippen LogP contribution in [0.3, 0.4) is 0 Å². The number of methoxy groups -OCH3 is 1. The highest BCUT2D eigenvalue weighted by molar-refractivity contribution is 8.03. The van der Waals surface area contributed by atoms with Crippen LogP contribution in [-0.2, 0) is 19.1 Å². The van der Waals surface area contributed by atoms with Gasteiger partial charge in [0.1, 0.15) is 10.5 Å². The first kappa shape index (κ1) is 21.9. The highest BCUT2D eigenvalue weighted by Gasteiger charge is 2.19. The molecular formula is C14H26N2O4S. The monoisotopic (exact) mass is 318 g/mol. The predicted molar refractivity (Wildman–Crippen MR) is 87.3 cm³/mol. The normalized spacial score (nSPS) is 11.0. The summed E-state index contributed by atoms with van der Waals surface area (Å²) in [6.45, 7) is 11.1. The molecule has 2 N–H and O–H groups in total. The van der Waals surface area contributed by atoms with E-state index in [0.717, 1.165) is 5.75 Å². The summed E-state index contributed by atoms with van der Waals surface area (Å²) in [6.07, 6.45) is 1.75. The minimum absolute atomic E-state index is 0.248. The lowest BCUT2D eigenvalue weighted by Gasteiger charge is -2.19. The Bertz CT molecular complexity index is 362. The van der Waals surface area contributed by atoms with Gasteiger partial charge in [0.2, 0.25) is 0 Å². The predicted octanol–water partition coefficient (Wildman–Crippen LogP) is 2.13. The molecule has 0 radical (unpaired) electrons. The van der Waals surface area contributed by atoms with E-state index in [9.17, 15) is 9.59 Å². The lowest BCUT2D eigenvalue weighted by atomic mass is 10.2. The fourth-order valence-corrected chi connectivity index (χ4v) is 1.56. The van der Waals surface area contributed by atoms with Gasteiger partial charge in [-0.15, -0.1) is 11.8 Å². The molecular weight excluding hydrogens is 292 g/mol. The Kier molecular flexibility index (Phi) is 13.0. The third-order valence-electron chi connectivity index (χ3n) is 1.68. The molecule has 0 rings (SSSR count). The van der Waals surface area contributed by atoms with Crippen molar-refractivity contribution < 1.29 is 19.1 Å². The average Bonchev–Trinajstić information content (AvgIpc) is 2.37. The van der Waals surface area contributed by atoms with Crippen molar-refractivity contribution >= 4 is 30.4 Å². The van der Waals surface area contributed by atoms with Crippen LogP contribution in [0.15, 0.2) is 16.1 Å².